The highest BCUT2D eigenvalue weighted by Gasteiger charge is 2.61. The molecule has 1 saturated heterocycles. The summed E-state index contributed by atoms with van der Waals surface area (Å²) in [6.45, 7) is 1.58. The number of aliphatic hydroxyl groups is 1. The van der Waals surface area contributed by atoms with E-state index in [0.717, 1.165) is 12.8 Å². The van der Waals surface area contributed by atoms with Crippen molar-refractivity contribution in [3.8, 4) is 0 Å². The summed E-state index contributed by atoms with van der Waals surface area (Å²) in [4.78, 5) is 0. The Morgan fingerprint density at radius 3 is 2.10 bits per heavy atom. The maximum Gasteiger partial charge on any atom is 0.118 e. The maximum absolute atomic E-state index is 9.80. The van der Waals surface area contributed by atoms with Gasteiger partial charge in [0.15, 0.2) is 0 Å². The number of rotatable bonds is 2. The molecule has 3 nitrogen and oxygen atoms in total. The van der Waals surface area contributed by atoms with E-state index in [1.807, 2.05) is 0 Å². The van der Waals surface area contributed by atoms with E-state index in [0.29, 0.717) is 19.8 Å². The minimum absolute atomic E-state index is 0.0330. The zero-order valence-electron chi connectivity index (χ0n) is 5.97. The smallest absolute Gasteiger partial charge is 0.118 e. The predicted molar refractivity (Wildman–Crippen MR) is 36.5 cm³/mol. The van der Waals surface area contributed by atoms with Crippen molar-refractivity contribution in [2.75, 3.05) is 19.8 Å². The first-order valence-corrected chi connectivity index (χ1v) is 3.73. The summed E-state index contributed by atoms with van der Waals surface area (Å²) in [7, 11) is 0. The van der Waals surface area contributed by atoms with Crippen molar-refractivity contribution in [1.82, 2.24) is 0 Å². The van der Waals surface area contributed by atoms with E-state index in [9.17, 15) is 5.11 Å². The second kappa shape index (κ2) is 1.72. The third-order valence-corrected chi connectivity index (χ3v) is 2.91. The second-order valence-electron chi connectivity index (χ2n) is 3.51. The molecule has 0 aromatic carbocycles. The Kier molecular flexibility index (Phi) is 1.14. The van der Waals surface area contributed by atoms with Crippen LogP contribution in [-0.2, 0) is 4.74 Å². The van der Waals surface area contributed by atoms with Gasteiger partial charge in [0, 0.05) is 12.0 Å². The monoisotopic (exact) mass is 143 g/mol. The highest BCUT2D eigenvalue weighted by molar-refractivity contribution is 5.11. The minimum atomic E-state index is -0.568. The van der Waals surface area contributed by atoms with Crippen LogP contribution in [0.5, 0.6) is 0 Å². The average molecular weight is 143 g/mol. The topological polar surface area (TPSA) is 55.5 Å². The molecule has 0 atom stereocenters. The van der Waals surface area contributed by atoms with Crippen molar-refractivity contribution in [2.24, 2.45) is 11.1 Å². The molecule has 2 aliphatic rings. The van der Waals surface area contributed by atoms with Gasteiger partial charge < -0.3 is 15.6 Å². The van der Waals surface area contributed by atoms with Crippen molar-refractivity contribution in [1.29, 1.82) is 0 Å². The molecule has 0 radical (unpaired) electrons. The SMILES string of the molecule is NCC1(C2(O)COC2)CC1. The van der Waals surface area contributed by atoms with Gasteiger partial charge in [0.2, 0.25) is 0 Å². The van der Waals surface area contributed by atoms with Crippen LogP contribution in [0.25, 0.3) is 0 Å². The molecule has 0 unspecified atom stereocenters. The van der Waals surface area contributed by atoms with Crippen molar-refractivity contribution in [3.63, 3.8) is 0 Å². The fourth-order valence-corrected chi connectivity index (χ4v) is 1.61. The van der Waals surface area contributed by atoms with Gasteiger partial charge in [0.25, 0.3) is 0 Å². The molecule has 10 heavy (non-hydrogen) atoms. The summed E-state index contributed by atoms with van der Waals surface area (Å²) in [6, 6.07) is 0. The number of ether oxygens (including phenoxy) is 1. The Labute approximate surface area is 60.2 Å². The molecule has 3 N–H and O–H groups in total. The van der Waals surface area contributed by atoms with E-state index in [2.05, 4.69) is 0 Å². The first-order valence-electron chi connectivity index (χ1n) is 3.73. The number of hydrogen-bond donors (Lipinski definition) is 2. The molecular formula is C7H13NO2. The zero-order chi connectivity index (χ0) is 7.24. The molecule has 2 fully saturated rings. The summed E-state index contributed by atoms with van der Waals surface area (Å²) in [5, 5.41) is 9.80. The summed E-state index contributed by atoms with van der Waals surface area (Å²) in [5.41, 5.74) is 5.01. The Hall–Kier alpha value is -0.120. The van der Waals surface area contributed by atoms with Gasteiger partial charge >= 0.3 is 0 Å². The molecule has 1 saturated carbocycles. The van der Waals surface area contributed by atoms with Gasteiger partial charge in [0.05, 0.1) is 13.2 Å². The third-order valence-electron chi connectivity index (χ3n) is 2.91. The van der Waals surface area contributed by atoms with E-state index in [-0.39, 0.29) is 5.41 Å². The quantitative estimate of drug-likeness (QED) is 0.547. The molecular weight excluding hydrogens is 130 g/mol. The highest BCUT2D eigenvalue weighted by atomic mass is 16.5. The van der Waals surface area contributed by atoms with Crippen molar-refractivity contribution < 1.29 is 9.84 Å². The first-order chi connectivity index (χ1) is 4.72. The molecule has 0 aromatic heterocycles. The average Bonchev–Trinajstić information content (AvgIpc) is 2.63. The summed E-state index contributed by atoms with van der Waals surface area (Å²) < 4.78 is 4.96. The molecule has 1 aliphatic heterocycles. The Balaban J connectivity index is 2.09. The van der Waals surface area contributed by atoms with Crippen LogP contribution in [0.1, 0.15) is 12.8 Å². The molecule has 2 rings (SSSR count). The van der Waals surface area contributed by atoms with Gasteiger partial charge in [0.1, 0.15) is 5.60 Å². The molecule has 58 valence electrons. The molecule has 0 spiro atoms. The van der Waals surface area contributed by atoms with Crippen LogP contribution < -0.4 is 5.73 Å². The Morgan fingerprint density at radius 2 is 2.00 bits per heavy atom. The van der Waals surface area contributed by atoms with Crippen LogP contribution in [0, 0.1) is 5.41 Å². The fourth-order valence-electron chi connectivity index (χ4n) is 1.61. The van der Waals surface area contributed by atoms with Crippen LogP contribution in [0.3, 0.4) is 0 Å². The summed E-state index contributed by atoms with van der Waals surface area (Å²) in [5.74, 6) is 0. The fraction of sp³-hybridized carbons (Fsp3) is 1.00. The van der Waals surface area contributed by atoms with E-state index < -0.39 is 5.60 Å². The maximum atomic E-state index is 9.80. The normalized spacial score (nSPS) is 33.0. The Bertz CT molecular complexity index is 147. The molecule has 0 amide bonds. The van der Waals surface area contributed by atoms with Crippen molar-refractivity contribution in [3.05, 3.63) is 0 Å². The largest absolute Gasteiger partial charge is 0.384 e. The van der Waals surface area contributed by atoms with Crippen LogP contribution in [0.4, 0.5) is 0 Å². The van der Waals surface area contributed by atoms with Gasteiger partial charge in [-0.15, -0.1) is 0 Å². The number of nitrogens with two attached hydrogens (primary N) is 1. The van der Waals surface area contributed by atoms with Gasteiger partial charge in [-0.1, -0.05) is 0 Å². The highest BCUT2D eigenvalue weighted by Crippen LogP contribution is 2.55. The van der Waals surface area contributed by atoms with Gasteiger partial charge in [-0.3, -0.25) is 0 Å². The number of hydrogen-bond acceptors (Lipinski definition) is 3. The zero-order valence-corrected chi connectivity index (χ0v) is 5.97. The van der Waals surface area contributed by atoms with Crippen molar-refractivity contribution >= 4 is 0 Å². The van der Waals surface area contributed by atoms with Gasteiger partial charge in [-0.2, -0.15) is 0 Å². The molecule has 1 heterocycles. The first kappa shape index (κ1) is 6.58. The second-order valence-corrected chi connectivity index (χ2v) is 3.51. The predicted octanol–water partition coefficient (Wildman–Crippen LogP) is -0.513. The lowest BCUT2D eigenvalue weighted by Crippen LogP contribution is -2.58. The lowest BCUT2D eigenvalue weighted by atomic mass is 9.82. The molecule has 1 aliphatic carbocycles. The molecule has 0 bridgehead atoms. The van der Waals surface area contributed by atoms with E-state index >= 15 is 0 Å². The van der Waals surface area contributed by atoms with Crippen LogP contribution in [0.15, 0.2) is 0 Å². The standard InChI is InChI=1S/C7H13NO2/c8-3-6(1-2-6)7(9)4-10-5-7/h9H,1-5,8H2. The van der Waals surface area contributed by atoms with E-state index in [1.165, 1.54) is 0 Å². The van der Waals surface area contributed by atoms with Crippen LogP contribution in [-0.4, -0.2) is 30.5 Å². The van der Waals surface area contributed by atoms with Crippen LogP contribution in [0.2, 0.25) is 0 Å². The minimum Gasteiger partial charge on any atom is -0.384 e. The third kappa shape index (κ3) is 0.603. The van der Waals surface area contributed by atoms with E-state index in [4.69, 9.17) is 10.5 Å². The van der Waals surface area contributed by atoms with E-state index in [1.54, 1.807) is 0 Å². The summed E-state index contributed by atoms with van der Waals surface area (Å²) >= 11 is 0. The van der Waals surface area contributed by atoms with Crippen molar-refractivity contribution in [2.45, 2.75) is 18.4 Å². The summed E-state index contributed by atoms with van der Waals surface area (Å²) in [6.07, 6.45) is 2.15. The lowest BCUT2D eigenvalue weighted by Gasteiger charge is -2.42. The lowest BCUT2D eigenvalue weighted by molar-refractivity contribution is -0.213. The Morgan fingerprint density at radius 1 is 1.40 bits per heavy atom. The van der Waals surface area contributed by atoms with Crippen LogP contribution >= 0.6 is 0 Å². The molecule has 0 aromatic rings. The van der Waals surface area contributed by atoms with Gasteiger partial charge in [-0.25, -0.2) is 0 Å². The molecule has 3 heteroatoms. The van der Waals surface area contributed by atoms with Gasteiger partial charge in [-0.05, 0) is 12.8 Å².